The summed E-state index contributed by atoms with van der Waals surface area (Å²) >= 11 is 0. The number of sulfonamides is 1. The van der Waals surface area contributed by atoms with Crippen molar-refractivity contribution in [2.75, 3.05) is 26.4 Å². The van der Waals surface area contributed by atoms with Gasteiger partial charge in [-0.05, 0) is 24.3 Å². The normalized spacial score (nSPS) is 17.6. The molecule has 0 amide bonds. The average molecular weight is 282 g/mol. The van der Waals surface area contributed by atoms with E-state index in [1.165, 1.54) is 22.7 Å². The zero-order valence-corrected chi connectivity index (χ0v) is 12.4. The SMILES string of the molecule is CN(C)S(=O)(=O)CCNC(c1ccccc1)C1CC1. The molecule has 0 radical (unpaired) electrons. The minimum absolute atomic E-state index is 0.149. The maximum atomic E-state index is 11.7. The lowest BCUT2D eigenvalue weighted by Crippen LogP contribution is -2.33. The van der Waals surface area contributed by atoms with Crippen LogP contribution in [0.15, 0.2) is 30.3 Å². The number of benzene rings is 1. The molecule has 1 saturated carbocycles. The van der Waals surface area contributed by atoms with Gasteiger partial charge in [0, 0.05) is 26.7 Å². The van der Waals surface area contributed by atoms with Gasteiger partial charge in [-0.3, -0.25) is 0 Å². The summed E-state index contributed by atoms with van der Waals surface area (Å²) in [6.45, 7) is 0.497. The van der Waals surface area contributed by atoms with Crippen LogP contribution in [0.3, 0.4) is 0 Å². The molecule has 5 heteroatoms. The molecule has 0 saturated heterocycles. The first-order valence-electron chi connectivity index (χ1n) is 6.69. The number of nitrogens with zero attached hydrogens (tertiary/aromatic N) is 1. The molecular formula is C14H22N2O2S. The van der Waals surface area contributed by atoms with Crippen LogP contribution in [0, 0.1) is 5.92 Å². The molecule has 1 aromatic carbocycles. The molecule has 1 atom stereocenters. The first kappa shape index (κ1) is 14.5. The molecule has 1 fully saturated rings. The summed E-state index contributed by atoms with van der Waals surface area (Å²) < 4.78 is 24.7. The van der Waals surface area contributed by atoms with E-state index in [4.69, 9.17) is 0 Å². The minimum atomic E-state index is -3.11. The fraction of sp³-hybridized carbons (Fsp3) is 0.571. The Morgan fingerprint density at radius 3 is 2.42 bits per heavy atom. The third kappa shape index (κ3) is 4.03. The van der Waals surface area contributed by atoms with E-state index >= 15 is 0 Å². The summed E-state index contributed by atoms with van der Waals surface area (Å²) in [6, 6.07) is 10.6. The highest BCUT2D eigenvalue weighted by Crippen LogP contribution is 2.40. The van der Waals surface area contributed by atoms with Crippen molar-refractivity contribution in [1.82, 2.24) is 9.62 Å². The van der Waals surface area contributed by atoms with E-state index in [1.54, 1.807) is 14.1 Å². The van der Waals surface area contributed by atoms with Gasteiger partial charge in [0.2, 0.25) is 10.0 Å². The van der Waals surface area contributed by atoms with Crippen molar-refractivity contribution in [3.63, 3.8) is 0 Å². The summed E-state index contributed by atoms with van der Waals surface area (Å²) in [7, 11) is 0.0381. The summed E-state index contributed by atoms with van der Waals surface area (Å²) in [5.41, 5.74) is 1.26. The average Bonchev–Trinajstić information content (AvgIpc) is 3.20. The maximum Gasteiger partial charge on any atom is 0.214 e. The van der Waals surface area contributed by atoms with Crippen LogP contribution in [0.25, 0.3) is 0 Å². The predicted octanol–water partition coefficient (Wildman–Crippen LogP) is 1.62. The molecule has 1 unspecified atom stereocenters. The van der Waals surface area contributed by atoms with E-state index in [0.717, 1.165) is 0 Å². The van der Waals surface area contributed by atoms with Crippen LogP contribution in [0.5, 0.6) is 0 Å². The smallest absolute Gasteiger partial charge is 0.214 e. The van der Waals surface area contributed by atoms with Gasteiger partial charge in [-0.25, -0.2) is 12.7 Å². The largest absolute Gasteiger partial charge is 0.309 e. The molecule has 0 aliphatic heterocycles. The highest BCUT2D eigenvalue weighted by Gasteiger charge is 2.32. The van der Waals surface area contributed by atoms with E-state index in [-0.39, 0.29) is 5.75 Å². The lowest BCUT2D eigenvalue weighted by molar-refractivity contribution is 0.483. The van der Waals surface area contributed by atoms with Crippen molar-refractivity contribution >= 4 is 10.0 Å². The van der Waals surface area contributed by atoms with Crippen LogP contribution in [-0.4, -0.2) is 39.1 Å². The molecular weight excluding hydrogens is 260 g/mol. The second-order valence-corrected chi connectivity index (χ2v) is 7.58. The quantitative estimate of drug-likeness (QED) is 0.827. The summed E-state index contributed by atoms with van der Waals surface area (Å²) in [5.74, 6) is 0.806. The van der Waals surface area contributed by atoms with Crippen molar-refractivity contribution in [2.45, 2.75) is 18.9 Å². The van der Waals surface area contributed by atoms with E-state index in [2.05, 4.69) is 17.4 Å². The third-order valence-corrected chi connectivity index (χ3v) is 5.37. The highest BCUT2D eigenvalue weighted by atomic mass is 32.2. The van der Waals surface area contributed by atoms with Crippen LogP contribution in [0.2, 0.25) is 0 Å². The van der Waals surface area contributed by atoms with Crippen LogP contribution in [0.1, 0.15) is 24.4 Å². The summed E-state index contributed by atoms with van der Waals surface area (Å²) in [5, 5.41) is 3.40. The fourth-order valence-electron chi connectivity index (χ4n) is 2.17. The monoisotopic (exact) mass is 282 g/mol. The van der Waals surface area contributed by atoms with Crippen LogP contribution in [0.4, 0.5) is 0 Å². The predicted molar refractivity (Wildman–Crippen MR) is 77.4 cm³/mol. The van der Waals surface area contributed by atoms with Crippen LogP contribution in [-0.2, 0) is 10.0 Å². The Hall–Kier alpha value is -0.910. The Morgan fingerprint density at radius 2 is 1.89 bits per heavy atom. The van der Waals surface area contributed by atoms with Gasteiger partial charge in [0.1, 0.15) is 0 Å². The Kier molecular flexibility index (Phi) is 4.60. The van der Waals surface area contributed by atoms with E-state index in [1.807, 2.05) is 18.2 Å². The highest BCUT2D eigenvalue weighted by molar-refractivity contribution is 7.89. The second kappa shape index (κ2) is 6.03. The molecule has 0 heterocycles. The van der Waals surface area contributed by atoms with Gasteiger partial charge < -0.3 is 5.32 Å². The standard InChI is InChI=1S/C14H22N2O2S/c1-16(2)19(17,18)11-10-15-14(13-8-9-13)12-6-4-3-5-7-12/h3-7,13-15H,8-11H2,1-2H3. The van der Waals surface area contributed by atoms with Gasteiger partial charge in [-0.2, -0.15) is 0 Å². The zero-order chi connectivity index (χ0) is 13.9. The number of rotatable bonds is 7. The van der Waals surface area contributed by atoms with Gasteiger partial charge >= 0.3 is 0 Å². The van der Waals surface area contributed by atoms with E-state index in [0.29, 0.717) is 18.5 Å². The van der Waals surface area contributed by atoms with Gasteiger partial charge in [0.25, 0.3) is 0 Å². The van der Waals surface area contributed by atoms with Gasteiger partial charge in [-0.15, -0.1) is 0 Å². The Balaban J connectivity index is 1.93. The molecule has 1 N–H and O–H groups in total. The van der Waals surface area contributed by atoms with Crippen LogP contribution >= 0.6 is 0 Å². The first-order chi connectivity index (χ1) is 9.00. The maximum absolute atomic E-state index is 11.7. The molecule has 0 bridgehead atoms. The Labute approximate surface area is 115 Å². The Bertz CT molecular complexity index is 495. The first-order valence-corrected chi connectivity index (χ1v) is 8.30. The molecule has 1 aliphatic rings. The lowest BCUT2D eigenvalue weighted by atomic mass is 10.0. The molecule has 2 rings (SSSR count). The van der Waals surface area contributed by atoms with Crippen molar-refractivity contribution in [3.8, 4) is 0 Å². The molecule has 1 aromatic rings. The fourth-order valence-corrected chi connectivity index (χ4v) is 2.91. The molecule has 19 heavy (non-hydrogen) atoms. The summed E-state index contributed by atoms with van der Waals surface area (Å²) in [4.78, 5) is 0. The lowest BCUT2D eigenvalue weighted by Gasteiger charge is -2.19. The van der Waals surface area contributed by atoms with Crippen molar-refractivity contribution < 1.29 is 8.42 Å². The number of hydrogen-bond acceptors (Lipinski definition) is 3. The van der Waals surface area contributed by atoms with Crippen molar-refractivity contribution in [1.29, 1.82) is 0 Å². The van der Waals surface area contributed by atoms with Gasteiger partial charge in [-0.1, -0.05) is 30.3 Å². The van der Waals surface area contributed by atoms with Crippen molar-refractivity contribution in [2.24, 2.45) is 5.92 Å². The minimum Gasteiger partial charge on any atom is -0.309 e. The topological polar surface area (TPSA) is 49.4 Å². The molecule has 0 spiro atoms. The number of nitrogens with one attached hydrogen (secondary N) is 1. The van der Waals surface area contributed by atoms with Gasteiger partial charge in [0.15, 0.2) is 0 Å². The molecule has 1 aliphatic carbocycles. The second-order valence-electron chi connectivity index (χ2n) is 5.28. The van der Waals surface area contributed by atoms with Gasteiger partial charge in [0.05, 0.1) is 5.75 Å². The molecule has 106 valence electrons. The molecule has 0 aromatic heterocycles. The Morgan fingerprint density at radius 1 is 1.26 bits per heavy atom. The van der Waals surface area contributed by atoms with E-state index in [9.17, 15) is 8.42 Å². The number of hydrogen-bond donors (Lipinski definition) is 1. The summed E-state index contributed by atoms with van der Waals surface area (Å²) in [6.07, 6.45) is 2.46. The molecule has 4 nitrogen and oxygen atoms in total. The van der Waals surface area contributed by atoms with Crippen LogP contribution < -0.4 is 5.32 Å². The van der Waals surface area contributed by atoms with E-state index < -0.39 is 10.0 Å². The zero-order valence-electron chi connectivity index (χ0n) is 11.5. The van der Waals surface area contributed by atoms with Crippen molar-refractivity contribution in [3.05, 3.63) is 35.9 Å². The third-order valence-electron chi connectivity index (χ3n) is 3.53.